The van der Waals surface area contributed by atoms with E-state index in [0.717, 1.165) is 51.9 Å². The zero-order valence-electron chi connectivity index (χ0n) is 19.2. The first-order valence-corrected chi connectivity index (χ1v) is 12.7. The molecule has 0 saturated carbocycles. The molecule has 0 aliphatic carbocycles. The first-order chi connectivity index (χ1) is 16.7. The summed E-state index contributed by atoms with van der Waals surface area (Å²) in [5.41, 5.74) is 8.87. The van der Waals surface area contributed by atoms with E-state index in [1.165, 1.54) is 36.0 Å². The maximum Gasteiger partial charge on any atom is 0.102 e. The standard InChI is InChI=1S/C31H27BrN2/c32-26-16-14-24(15-17-26)27-21-30(34-18-8-3-9-19-34)29(22-33)28(20-23-10-4-1-5-11-23)31(27)25-12-6-2-7-13-25/h1-2,4-7,10-17,21H,3,8-9,18-20H2. The third-order valence-corrected chi connectivity index (χ3v) is 7.19. The normalized spacial score (nSPS) is 13.5. The summed E-state index contributed by atoms with van der Waals surface area (Å²) in [6, 6.07) is 34.5. The maximum atomic E-state index is 10.5. The molecular weight excluding hydrogens is 480 g/mol. The van der Waals surface area contributed by atoms with Crippen molar-refractivity contribution in [2.24, 2.45) is 0 Å². The van der Waals surface area contributed by atoms with Crippen LogP contribution in [0.15, 0.2) is 95.5 Å². The molecule has 1 saturated heterocycles. The highest BCUT2D eigenvalue weighted by atomic mass is 79.9. The van der Waals surface area contributed by atoms with E-state index in [9.17, 15) is 5.26 Å². The average molecular weight is 507 g/mol. The Hall–Kier alpha value is -3.35. The molecule has 0 bridgehead atoms. The highest BCUT2D eigenvalue weighted by Crippen LogP contribution is 2.43. The zero-order valence-corrected chi connectivity index (χ0v) is 20.8. The Morgan fingerprint density at radius 1 is 0.765 bits per heavy atom. The number of nitrogens with zero attached hydrogens (tertiary/aromatic N) is 2. The summed E-state index contributed by atoms with van der Waals surface area (Å²) < 4.78 is 1.06. The molecule has 0 amide bonds. The van der Waals surface area contributed by atoms with Crippen molar-refractivity contribution in [3.05, 3.63) is 112 Å². The van der Waals surface area contributed by atoms with Crippen LogP contribution in [0.4, 0.5) is 5.69 Å². The second-order valence-electron chi connectivity index (χ2n) is 8.87. The molecule has 34 heavy (non-hydrogen) atoms. The van der Waals surface area contributed by atoms with Gasteiger partial charge in [0.05, 0.1) is 11.3 Å². The molecule has 1 fully saturated rings. The van der Waals surface area contributed by atoms with Crippen LogP contribution in [-0.4, -0.2) is 13.1 Å². The van der Waals surface area contributed by atoms with Crippen LogP contribution in [-0.2, 0) is 6.42 Å². The monoisotopic (exact) mass is 506 g/mol. The van der Waals surface area contributed by atoms with E-state index in [0.29, 0.717) is 0 Å². The first kappa shape index (κ1) is 22.4. The number of rotatable bonds is 5. The molecular formula is C31H27BrN2. The van der Waals surface area contributed by atoms with E-state index in [-0.39, 0.29) is 0 Å². The minimum absolute atomic E-state index is 0.721. The Morgan fingerprint density at radius 2 is 1.41 bits per heavy atom. The third-order valence-electron chi connectivity index (χ3n) is 6.66. The van der Waals surface area contributed by atoms with Crippen LogP contribution in [0.25, 0.3) is 22.3 Å². The van der Waals surface area contributed by atoms with E-state index < -0.39 is 0 Å². The Kier molecular flexibility index (Phi) is 6.79. The predicted molar refractivity (Wildman–Crippen MR) is 145 cm³/mol. The van der Waals surface area contributed by atoms with Crippen LogP contribution in [0.3, 0.4) is 0 Å². The van der Waals surface area contributed by atoms with Gasteiger partial charge in [-0.25, -0.2) is 0 Å². The quantitative estimate of drug-likeness (QED) is 0.272. The lowest BCUT2D eigenvalue weighted by Crippen LogP contribution is -2.30. The van der Waals surface area contributed by atoms with Crippen molar-refractivity contribution in [3.8, 4) is 28.3 Å². The van der Waals surface area contributed by atoms with E-state index in [1.807, 2.05) is 12.1 Å². The maximum absolute atomic E-state index is 10.5. The van der Waals surface area contributed by atoms with Crippen LogP contribution in [0, 0.1) is 11.3 Å². The summed E-state index contributed by atoms with van der Waals surface area (Å²) in [6.45, 7) is 2.01. The molecule has 0 N–H and O–H groups in total. The van der Waals surface area contributed by atoms with Crippen LogP contribution < -0.4 is 4.90 Å². The molecule has 0 unspecified atom stereocenters. The largest absolute Gasteiger partial charge is 0.370 e. The number of hydrogen-bond acceptors (Lipinski definition) is 2. The van der Waals surface area contributed by atoms with Gasteiger partial charge in [-0.2, -0.15) is 5.26 Å². The average Bonchev–Trinajstić information content (AvgIpc) is 2.90. The number of halogens is 1. The Balaban J connectivity index is 1.82. The van der Waals surface area contributed by atoms with Crippen LogP contribution in [0.1, 0.15) is 36.0 Å². The van der Waals surface area contributed by atoms with Crippen molar-refractivity contribution < 1.29 is 0 Å². The van der Waals surface area contributed by atoms with Gasteiger partial charge in [-0.05, 0) is 77.3 Å². The lowest BCUT2D eigenvalue weighted by molar-refractivity contribution is 0.577. The van der Waals surface area contributed by atoms with Gasteiger partial charge in [0.25, 0.3) is 0 Å². The van der Waals surface area contributed by atoms with Crippen LogP contribution in [0.5, 0.6) is 0 Å². The van der Waals surface area contributed by atoms with Gasteiger partial charge in [-0.15, -0.1) is 0 Å². The van der Waals surface area contributed by atoms with E-state index in [4.69, 9.17) is 0 Å². The zero-order chi connectivity index (χ0) is 23.3. The molecule has 5 rings (SSSR count). The SMILES string of the molecule is N#Cc1c(N2CCCCC2)cc(-c2ccc(Br)cc2)c(-c2ccccc2)c1Cc1ccccc1. The number of anilines is 1. The number of hydrogen-bond donors (Lipinski definition) is 0. The summed E-state index contributed by atoms with van der Waals surface area (Å²) in [6.07, 6.45) is 4.33. The summed E-state index contributed by atoms with van der Waals surface area (Å²) >= 11 is 3.59. The Labute approximate surface area is 210 Å². The van der Waals surface area contributed by atoms with Gasteiger partial charge >= 0.3 is 0 Å². The third kappa shape index (κ3) is 4.65. The predicted octanol–water partition coefficient (Wildman–Crippen LogP) is 8.24. The van der Waals surface area contributed by atoms with Crippen LogP contribution >= 0.6 is 15.9 Å². The van der Waals surface area contributed by atoms with Gasteiger partial charge in [0.15, 0.2) is 0 Å². The fraction of sp³-hybridized carbons (Fsp3) is 0.194. The second-order valence-corrected chi connectivity index (χ2v) is 9.78. The number of nitriles is 1. The molecule has 4 aromatic rings. The van der Waals surface area contributed by atoms with Crippen molar-refractivity contribution in [1.82, 2.24) is 0 Å². The van der Waals surface area contributed by atoms with Gasteiger partial charge in [-0.1, -0.05) is 88.7 Å². The van der Waals surface area contributed by atoms with Crippen molar-refractivity contribution in [2.45, 2.75) is 25.7 Å². The molecule has 1 aliphatic heterocycles. The highest BCUT2D eigenvalue weighted by molar-refractivity contribution is 9.10. The van der Waals surface area contributed by atoms with Gasteiger partial charge in [-0.3, -0.25) is 0 Å². The molecule has 0 spiro atoms. The molecule has 2 nitrogen and oxygen atoms in total. The van der Waals surface area contributed by atoms with E-state index in [1.54, 1.807) is 0 Å². The molecule has 1 heterocycles. The summed E-state index contributed by atoms with van der Waals surface area (Å²) in [5, 5.41) is 10.5. The molecule has 0 atom stereocenters. The first-order valence-electron chi connectivity index (χ1n) is 11.9. The Bertz CT molecular complexity index is 1300. The van der Waals surface area contributed by atoms with E-state index >= 15 is 0 Å². The minimum Gasteiger partial charge on any atom is -0.370 e. The van der Waals surface area contributed by atoms with Crippen molar-refractivity contribution >= 4 is 21.6 Å². The second kappa shape index (κ2) is 10.3. The lowest BCUT2D eigenvalue weighted by atomic mass is 9.84. The fourth-order valence-electron chi connectivity index (χ4n) is 5.00. The number of benzene rings is 4. The summed E-state index contributed by atoms with van der Waals surface area (Å²) in [5.74, 6) is 0. The van der Waals surface area contributed by atoms with E-state index in [2.05, 4.69) is 106 Å². The van der Waals surface area contributed by atoms with Gasteiger partial charge < -0.3 is 4.90 Å². The topological polar surface area (TPSA) is 27.0 Å². The number of piperidine rings is 1. The lowest BCUT2D eigenvalue weighted by Gasteiger charge is -2.32. The molecule has 168 valence electrons. The minimum atomic E-state index is 0.721. The van der Waals surface area contributed by atoms with Crippen molar-refractivity contribution in [2.75, 3.05) is 18.0 Å². The fourth-order valence-corrected chi connectivity index (χ4v) is 5.26. The van der Waals surface area contributed by atoms with Crippen molar-refractivity contribution in [1.29, 1.82) is 5.26 Å². The summed E-state index contributed by atoms with van der Waals surface area (Å²) in [4.78, 5) is 2.42. The highest BCUT2D eigenvalue weighted by Gasteiger charge is 2.24. The van der Waals surface area contributed by atoms with Gasteiger partial charge in [0.2, 0.25) is 0 Å². The van der Waals surface area contributed by atoms with Crippen LogP contribution in [0.2, 0.25) is 0 Å². The van der Waals surface area contributed by atoms with Gasteiger partial charge in [0.1, 0.15) is 6.07 Å². The van der Waals surface area contributed by atoms with Gasteiger partial charge in [0, 0.05) is 17.6 Å². The smallest absolute Gasteiger partial charge is 0.102 e. The summed E-state index contributed by atoms with van der Waals surface area (Å²) in [7, 11) is 0. The molecule has 1 aliphatic rings. The van der Waals surface area contributed by atoms with Crippen molar-refractivity contribution in [3.63, 3.8) is 0 Å². The molecule has 3 heteroatoms. The molecule has 0 aromatic heterocycles. The Morgan fingerprint density at radius 3 is 2.06 bits per heavy atom. The molecule has 0 radical (unpaired) electrons. The molecule has 4 aromatic carbocycles.